The Bertz CT molecular complexity index is 643. The Morgan fingerprint density at radius 1 is 0.895 bits per heavy atom. The number of benzene rings is 2. The summed E-state index contributed by atoms with van der Waals surface area (Å²) in [5.74, 6) is -5.52. The molecule has 0 aliphatic rings. The normalized spacial score (nSPS) is 10.3. The van der Waals surface area contributed by atoms with Crippen LogP contribution in [0.4, 0.5) is 23.2 Å². The molecule has 2 aromatic rings. The van der Waals surface area contributed by atoms with Crippen LogP contribution in [-0.2, 0) is 0 Å². The van der Waals surface area contributed by atoms with Crippen molar-refractivity contribution in [1.29, 1.82) is 0 Å². The molecule has 2 aromatic carbocycles. The molecule has 98 valence electrons. The molecule has 0 radical (unpaired) electrons. The van der Waals surface area contributed by atoms with E-state index in [9.17, 15) is 22.4 Å². The maximum absolute atomic E-state index is 13.3. The third-order valence-electron chi connectivity index (χ3n) is 2.38. The van der Waals surface area contributed by atoms with E-state index in [0.29, 0.717) is 6.07 Å². The fourth-order valence-electron chi connectivity index (χ4n) is 1.43. The van der Waals surface area contributed by atoms with E-state index in [2.05, 4.69) is 5.32 Å². The maximum Gasteiger partial charge on any atom is 0.255 e. The smallest absolute Gasteiger partial charge is 0.255 e. The third-order valence-corrected chi connectivity index (χ3v) is 2.38. The van der Waals surface area contributed by atoms with Crippen LogP contribution in [-0.4, -0.2) is 5.91 Å². The van der Waals surface area contributed by atoms with Crippen molar-refractivity contribution >= 4 is 11.6 Å². The quantitative estimate of drug-likeness (QED) is 0.831. The van der Waals surface area contributed by atoms with Gasteiger partial charge in [-0.15, -0.1) is 0 Å². The molecule has 6 heteroatoms. The lowest BCUT2D eigenvalue weighted by Crippen LogP contribution is -2.14. The van der Waals surface area contributed by atoms with Crippen molar-refractivity contribution in [2.75, 3.05) is 5.32 Å². The Morgan fingerprint density at radius 3 is 2.32 bits per heavy atom. The van der Waals surface area contributed by atoms with E-state index in [1.807, 2.05) is 0 Å². The van der Waals surface area contributed by atoms with Crippen LogP contribution in [0, 0.1) is 23.3 Å². The third kappa shape index (κ3) is 2.73. The van der Waals surface area contributed by atoms with Gasteiger partial charge in [0.1, 0.15) is 0 Å². The maximum atomic E-state index is 13.3. The zero-order valence-corrected chi connectivity index (χ0v) is 9.38. The van der Waals surface area contributed by atoms with Gasteiger partial charge < -0.3 is 5.32 Å². The Balaban J connectivity index is 2.26. The summed E-state index contributed by atoms with van der Waals surface area (Å²) in [6.07, 6.45) is 0. The second kappa shape index (κ2) is 5.09. The number of hydrogen-bond donors (Lipinski definition) is 1. The highest BCUT2D eigenvalue weighted by Gasteiger charge is 2.13. The molecule has 0 aromatic heterocycles. The van der Waals surface area contributed by atoms with Crippen molar-refractivity contribution in [3.63, 3.8) is 0 Å². The van der Waals surface area contributed by atoms with E-state index in [1.54, 1.807) is 0 Å². The molecule has 2 rings (SSSR count). The Kier molecular flexibility index (Phi) is 3.50. The highest BCUT2D eigenvalue weighted by molar-refractivity contribution is 6.04. The molecule has 0 heterocycles. The van der Waals surface area contributed by atoms with Gasteiger partial charge in [-0.2, -0.15) is 0 Å². The van der Waals surface area contributed by atoms with Crippen LogP contribution < -0.4 is 5.32 Å². The van der Waals surface area contributed by atoms with Gasteiger partial charge in [-0.05, 0) is 30.3 Å². The lowest BCUT2D eigenvalue weighted by molar-refractivity contribution is 0.102. The largest absolute Gasteiger partial charge is 0.319 e. The van der Waals surface area contributed by atoms with E-state index >= 15 is 0 Å². The standard InChI is InChI=1S/C13H7F4NO/c14-8-5-4-7(6-10(8)16)13(19)18-11-3-1-2-9(15)12(11)17/h1-6H,(H,18,19). The van der Waals surface area contributed by atoms with Gasteiger partial charge >= 0.3 is 0 Å². The average Bonchev–Trinajstić information content (AvgIpc) is 2.38. The van der Waals surface area contributed by atoms with Crippen molar-refractivity contribution < 1.29 is 22.4 Å². The number of amides is 1. The number of carbonyl (C=O) groups is 1. The van der Waals surface area contributed by atoms with E-state index in [0.717, 1.165) is 24.3 Å². The van der Waals surface area contributed by atoms with Crippen LogP contribution in [0.5, 0.6) is 0 Å². The summed E-state index contributed by atoms with van der Waals surface area (Å²) in [6.45, 7) is 0. The molecule has 2 nitrogen and oxygen atoms in total. The molecule has 19 heavy (non-hydrogen) atoms. The van der Waals surface area contributed by atoms with Crippen molar-refractivity contribution in [3.8, 4) is 0 Å². The molecule has 1 amide bonds. The molecule has 0 atom stereocenters. The van der Waals surface area contributed by atoms with Crippen LogP contribution in [0.3, 0.4) is 0 Å². The van der Waals surface area contributed by atoms with Crippen molar-refractivity contribution in [2.45, 2.75) is 0 Å². The zero-order chi connectivity index (χ0) is 14.0. The fraction of sp³-hybridized carbons (Fsp3) is 0. The minimum absolute atomic E-state index is 0.206. The summed E-state index contributed by atoms with van der Waals surface area (Å²) in [5, 5.41) is 2.07. The number of halogens is 4. The number of rotatable bonds is 2. The zero-order valence-electron chi connectivity index (χ0n) is 9.38. The summed E-state index contributed by atoms with van der Waals surface area (Å²) in [4.78, 5) is 11.7. The highest BCUT2D eigenvalue weighted by Crippen LogP contribution is 2.18. The highest BCUT2D eigenvalue weighted by atomic mass is 19.2. The minimum Gasteiger partial charge on any atom is -0.319 e. The first-order valence-electron chi connectivity index (χ1n) is 5.19. The number of nitrogens with one attached hydrogen (secondary N) is 1. The molecule has 0 aliphatic carbocycles. The molecule has 0 fully saturated rings. The van der Waals surface area contributed by atoms with Gasteiger partial charge in [0.2, 0.25) is 0 Å². The minimum atomic E-state index is -1.22. The van der Waals surface area contributed by atoms with E-state index in [1.165, 1.54) is 6.07 Å². The van der Waals surface area contributed by atoms with Crippen molar-refractivity contribution in [1.82, 2.24) is 0 Å². The Hall–Kier alpha value is -2.37. The molecule has 0 aliphatic heterocycles. The van der Waals surface area contributed by atoms with Crippen LogP contribution in [0.2, 0.25) is 0 Å². The molecule has 0 bridgehead atoms. The number of hydrogen-bond acceptors (Lipinski definition) is 1. The summed E-state index contributed by atoms with van der Waals surface area (Å²) >= 11 is 0. The van der Waals surface area contributed by atoms with Gasteiger partial charge in [-0.25, -0.2) is 17.6 Å². The fourth-order valence-corrected chi connectivity index (χ4v) is 1.43. The Morgan fingerprint density at radius 2 is 1.63 bits per heavy atom. The van der Waals surface area contributed by atoms with E-state index in [-0.39, 0.29) is 11.3 Å². The molecule has 0 spiro atoms. The van der Waals surface area contributed by atoms with Crippen LogP contribution in [0.25, 0.3) is 0 Å². The second-order valence-corrected chi connectivity index (χ2v) is 3.68. The number of carbonyl (C=O) groups excluding carboxylic acids is 1. The molecule has 0 saturated carbocycles. The molecule has 0 unspecified atom stereocenters. The van der Waals surface area contributed by atoms with E-state index in [4.69, 9.17) is 0 Å². The van der Waals surface area contributed by atoms with Crippen molar-refractivity contribution in [2.24, 2.45) is 0 Å². The van der Waals surface area contributed by atoms with Gasteiger partial charge in [-0.3, -0.25) is 4.79 Å². The first kappa shape index (κ1) is 13.1. The molecular formula is C13H7F4NO. The monoisotopic (exact) mass is 269 g/mol. The summed E-state index contributed by atoms with van der Waals surface area (Å²) < 4.78 is 51.8. The predicted molar refractivity (Wildman–Crippen MR) is 60.7 cm³/mol. The Labute approximate surface area is 105 Å². The molecule has 1 N–H and O–H groups in total. The van der Waals surface area contributed by atoms with Gasteiger partial charge in [0.15, 0.2) is 23.3 Å². The van der Waals surface area contributed by atoms with Gasteiger partial charge in [0.05, 0.1) is 5.69 Å². The van der Waals surface area contributed by atoms with Crippen LogP contribution >= 0.6 is 0 Å². The predicted octanol–water partition coefficient (Wildman–Crippen LogP) is 3.50. The number of anilines is 1. The average molecular weight is 269 g/mol. The van der Waals surface area contributed by atoms with Crippen molar-refractivity contribution in [3.05, 3.63) is 65.2 Å². The molecule has 0 saturated heterocycles. The molecular weight excluding hydrogens is 262 g/mol. The summed E-state index contributed by atoms with van der Waals surface area (Å²) in [5.41, 5.74) is -0.586. The summed E-state index contributed by atoms with van der Waals surface area (Å²) in [7, 11) is 0. The van der Waals surface area contributed by atoms with Crippen LogP contribution in [0.15, 0.2) is 36.4 Å². The topological polar surface area (TPSA) is 29.1 Å². The van der Waals surface area contributed by atoms with Gasteiger partial charge in [0.25, 0.3) is 5.91 Å². The lowest BCUT2D eigenvalue weighted by atomic mass is 10.2. The van der Waals surface area contributed by atoms with Gasteiger partial charge in [0, 0.05) is 5.56 Å². The van der Waals surface area contributed by atoms with Gasteiger partial charge in [-0.1, -0.05) is 6.07 Å². The lowest BCUT2D eigenvalue weighted by Gasteiger charge is -2.07. The first-order chi connectivity index (χ1) is 8.99. The second-order valence-electron chi connectivity index (χ2n) is 3.68. The van der Waals surface area contributed by atoms with Crippen LogP contribution in [0.1, 0.15) is 10.4 Å². The first-order valence-corrected chi connectivity index (χ1v) is 5.19. The SMILES string of the molecule is O=C(Nc1cccc(F)c1F)c1ccc(F)c(F)c1. The summed E-state index contributed by atoms with van der Waals surface area (Å²) in [6, 6.07) is 5.72. The van der Waals surface area contributed by atoms with E-state index < -0.39 is 29.2 Å².